The maximum atomic E-state index is 12.7. The number of nitrogens with zero attached hydrogens (tertiary/aromatic N) is 5. The lowest BCUT2D eigenvalue weighted by Gasteiger charge is -2.08. The van der Waals surface area contributed by atoms with E-state index in [1.54, 1.807) is 19.2 Å². The van der Waals surface area contributed by atoms with Crippen LogP contribution in [0.2, 0.25) is 0 Å². The molecule has 3 rings (SSSR count). The van der Waals surface area contributed by atoms with Gasteiger partial charge in [-0.15, -0.1) is 22.7 Å². The fraction of sp³-hybridized carbons (Fsp3) is 0.400. The van der Waals surface area contributed by atoms with Gasteiger partial charge in [-0.1, -0.05) is 7.43 Å². The summed E-state index contributed by atoms with van der Waals surface area (Å²) in [7, 11) is 0. The van der Waals surface area contributed by atoms with Gasteiger partial charge in [0.15, 0.2) is 22.5 Å². The molecule has 3 aromatic rings. The fourth-order valence-corrected chi connectivity index (χ4v) is 3.90. The van der Waals surface area contributed by atoms with Crippen molar-refractivity contribution in [3.63, 3.8) is 0 Å². The number of halogens is 6. The van der Waals surface area contributed by atoms with E-state index in [2.05, 4.69) is 30.2 Å². The lowest BCUT2D eigenvalue weighted by Crippen LogP contribution is -2.24. The van der Waals surface area contributed by atoms with Crippen molar-refractivity contribution in [2.45, 2.75) is 53.9 Å². The minimum absolute atomic E-state index is 0. The molecule has 3 heterocycles. The molecule has 0 amide bonds. The standard InChI is InChI=1S/C12H11F3N4O2S.C7H10N4O2S.C5H5F3O2.CH4/c1-3-21-9(20)7-5-22-11(17-7)19-10-16-6(2)4-8(18-10)12(13,14)15;1-2-13-5(12)4-3-14-7(10-4)11-6(8)9;1-3(9)2-4(10)5(6,7)8;/h4-5H,3H2,1-2H3,(H,16,17,18,19);3H,2H2,1H3,(H4,8,9,10,11);2H2,1H3;1H4. The molecule has 0 saturated heterocycles. The Morgan fingerprint density at radius 3 is 1.87 bits per heavy atom. The Morgan fingerprint density at radius 2 is 1.43 bits per heavy atom. The molecular weight excluding hydrogens is 686 g/mol. The number of guanidine groups is 1. The molecule has 0 atom stereocenters. The Labute approximate surface area is 271 Å². The Hall–Kier alpha value is -4.73. The van der Waals surface area contributed by atoms with E-state index in [-0.39, 0.29) is 48.2 Å². The van der Waals surface area contributed by atoms with Gasteiger partial charge in [0.2, 0.25) is 16.9 Å². The molecule has 0 fully saturated rings. The summed E-state index contributed by atoms with van der Waals surface area (Å²) in [6.07, 6.45) is -10.5. The first kappa shape index (κ1) is 42.3. The number of ketones is 2. The van der Waals surface area contributed by atoms with Crippen molar-refractivity contribution in [3.05, 3.63) is 39.6 Å². The highest BCUT2D eigenvalue weighted by Gasteiger charge is 2.38. The van der Waals surface area contributed by atoms with Crippen LogP contribution in [0.3, 0.4) is 0 Å². The molecule has 0 saturated carbocycles. The third-order valence-electron chi connectivity index (χ3n) is 4.28. The van der Waals surface area contributed by atoms with Gasteiger partial charge >= 0.3 is 24.3 Å². The van der Waals surface area contributed by atoms with E-state index in [4.69, 9.17) is 20.9 Å². The second kappa shape index (κ2) is 19.1. The number of carbonyl (C=O) groups excluding carboxylic acids is 4. The Balaban J connectivity index is 0.000000730. The molecule has 0 aromatic carbocycles. The van der Waals surface area contributed by atoms with E-state index in [0.29, 0.717) is 11.7 Å². The van der Waals surface area contributed by atoms with Crippen LogP contribution in [0, 0.1) is 6.92 Å². The molecule has 0 bridgehead atoms. The zero-order valence-electron chi connectivity index (χ0n) is 24.3. The van der Waals surface area contributed by atoms with Crippen LogP contribution in [0.25, 0.3) is 0 Å². The topological polar surface area (TPSA) is 215 Å². The lowest BCUT2D eigenvalue weighted by atomic mass is 10.2. The zero-order valence-corrected chi connectivity index (χ0v) is 25.9. The second-order valence-electron chi connectivity index (χ2n) is 8.17. The van der Waals surface area contributed by atoms with Crippen LogP contribution in [-0.4, -0.2) is 68.8 Å². The van der Waals surface area contributed by atoms with Crippen LogP contribution in [0.1, 0.15) is 67.0 Å². The molecule has 0 aliphatic rings. The second-order valence-corrected chi connectivity index (χ2v) is 9.87. The number of esters is 2. The van der Waals surface area contributed by atoms with E-state index >= 15 is 0 Å². The van der Waals surface area contributed by atoms with E-state index in [1.807, 2.05) is 0 Å². The molecule has 0 aliphatic carbocycles. The van der Waals surface area contributed by atoms with Crippen LogP contribution < -0.4 is 16.8 Å². The average molecular weight is 717 g/mol. The minimum atomic E-state index is -4.87. The number of hydrogen-bond acceptors (Lipinski definition) is 14. The third-order valence-corrected chi connectivity index (χ3v) is 5.77. The first-order chi connectivity index (χ1) is 21.3. The highest BCUT2D eigenvalue weighted by atomic mass is 32.1. The predicted molar refractivity (Wildman–Crippen MR) is 160 cm³/mol. The Morgan fingerprint density at radius 1 is 0.894 bits per heavy atom. The molecule has 0 radical (unpaired) electrons. The van der Waals surface area contributed by atoms with Gasteiger partial charge in [0.1, 0.15) is 11.5 Å². The number of ether oxygens (including phenoxy) is 2. The van der Waals surface area contributed by atoms with Crippen molar-refractivity contribution in [1.29, 1.82) is 0 Å². The summed E-state index contributed by atoms with van der Waals surface area (Å²) in [6.45, 7) is 6.25. The van der Waals surface area contributed by atoms with Crippen molar-refractivity contribution in [2.24, 2.45) is 16.5 Å². The van der Waals surface area contributed by atoms with E-state index in [9.17, 15) is 45.5 Å². The lowest BCUT2D eigenvalue weighted by molar-refractivity contribution is -0.171. The summed E-state index contributed by atoms with van der Waals surface area (Å²) in [4.78, 5) is 61.3. The zero-order chi connectivity index (χ0) is 35.2. The van der Waals surface area contributed by atoms with E-state index < -0.39 is 48.0 Å². The number of nitrogens with two attached hydrogens (primary N) is 2. The fourth-order valence-electron chi connectivity index (χ4n) is 2.55. The van der Waals surface area contributed by atoms with E-state index in [1.165, 1.54) is 23.6 Å². The predicted octanol–water partition coefficient (Wildman–Crippen LogP) is 5.14. The Kier molecular flexibility index (Phi) is 17.1. The van der Waals surface area contributed by atoms with Crippen molar-refractivity contribution < 1.29 is 55.0 Å². The number of thiazole rings is 2. The van der Waals surface area contributed by atoms with Crippen molar-refractivity contribution in [1.82, 2.24) is 19.9 Å². The van der Waals surface area contributed by atoms with Gasteiger partial charge in [-0.25, -0.2) is 29.5 Å². The molecule has 22 heteroatoms. The first-order valence-electron chi connectivity index (χ1n) is 12.4. The number of anilines is 2. The molecule has 260 valence electrons. The largest absolute Gasteiger partial charge is 0.461 e. The highest BCUT2D eigenvalue weighted by molar-refractivity contribution is 7.14. The molecule has 0 spiro atoms. The number of rotatable bonds is 9. The molecular formula is C25H30F6N8O6S2. The molecule has 3 aromatic heterocycles. The van der Waals surface area contributed by atoms with Crippen LogP contribution in [-0.2, 0) is 25.2 Å². The van der Waals surface area contributed by atoms with E-state index in [0.717, 1.165) is 24.3 Å². The normalized spacial score (nSPS) is 10.5. The number of nitrogens with one attached hydrogen (secondary N) is 1. The van der Waals surface area contributed by atoms with Gasteiger partial charge in [-0.3, -0.25) is 9.59 Å². The highest BCUT2D eigenvalue weighted by Crippen LogP contribution is 2.29. The van der Waals surface area contributed by atoms with Crippen LogP contribution in [0.5, 0.6) is 0 Å². The van der Waals surface area contributed by atoms with Crippen molar-refractivity contribution in [3.8, 4) is 0 Å². The van der Waals surface area contributed by atoms with Crippen molar-refractivity contribution in [2.75, 3.05) is 18.5 Å². The number of aryl methyl sites for hydroxylation is 1. The van der Waals surface area contributed by atoms with Crippen LogP contribution >= 0.6 is 22.7 Å². The van der Waals surface area contributed by atoms with Crippen LogP contribution in [0.15, 0.2) is 21.8 Å². The number of carbonyl (C=O) groups is 4. The van der Waals surface area contributed by atoms with Gasteiger partial charge in [-0.2, -0.15) is 31.3 Å². The minimum Gasteiger partial charge on any atom is -0.461 e. The van der Waals surface area contributed by atoms with Crippen molar-refractivity contribution >= 4 is 68.3 Å². The number of Topliss-reactive ketones (excluding diaryl/α,β-unsaturated/α-hetero) is 2. The summed E-state index contributed by atoms with van der Waals surface area (Å²) in [5, 5.41) is 6.06. The van der Waals surface area contributed by atoms with Gasteiger partial charge in [0.25, 0.3) is 0 Å². The maximum absolute atomic E-state index is 12.7. The number of hydrogen-bond donors (Lipinski definition) is 3. The number of aromatic nitrogens is 4. The third kappa shape index (κ3) is 15.9. The molecule has 0 aliphatic heterocycles. The smallest absolute Gasteiger partial charge is 0.450 e. The van der Waals surface area contributed by atoms with Gasteiger partial charge < -0.3 is 26.3 Å². The summed E-state index contributed by atoms with van der Waals surface area (Å²) in [5.74, 6) is -4.16. The molecule has 0 unspecified atom stereocenters. The van der Waals surface area contributed by atoms with Gasteiger partial charge in [0, 0.05) is 16.5 Å². The molecule has 14 nitrogen and oxygen atoms in total. The monoisotopic (exact) mass is 716 g/mol. The maximum Gasteiger partial charge on any atom is 0.450 e. The van der Waals surface area contributed by atoms with Gasteiger partial charge in [0.05, 0.1) is 19.6 Å². The summed E-state index contributed by atoms with van der Waals surface area (Å²) in [5.41, 5.74) is 9.69. The van der Waals surface area contributed by atoms with Gasteiger partial charge in [-0.05, 0) is 33.8 Å². The number of aliphatic imine (C=N–C) groups is 1. The number of alkyl halides is 6. The molecule has 5 N–H and O–H groups in total. The van der Waals surface area contributed by atoms with Crippen LogP contribution in [0.4, 0.5) is 42.6 Å². The summed E-state index contributed by atoms with van der Waals surface area (Å²) < 4.78 is 81.5. The average Bonchev–Trinajstić information content (AvgIpc) is 3.58. The first-order valence-corrected chi connectivity index (χ1v) is 14.2. The SMILES string of the molecule is C.CC(=O)CC(=O)C(F)(F)F.CCOC(=O)c1csc(N=C(N)N)n1.CCOC(=O)c1csc(Nc2nc(C)cc(C(F)(F)F)n2)n1. The summed E-state index contributed by atoms with van der Waals surface area (Å²) in [6, 6.07) is 0.844. The summed E-state index contributed by atoms with van der Waals surface area (Å²) >= 11 is 2.21. The Bertz CT molecular complexity index is 1540. The molecule has 47 heavy (non-hydrogen) atoms. The quantitative estimate of drug-likeness (QED) is 0.0861.